The van der Waals surface area contributed by atoms with Gasteiger partial charge in [0.2, 0.25) is 0 Å². The summed E-state index contributed by atoms with van der Waals surface area (Å²) in [5, 5.41) is 8.76. The van der Waals surface area contributed by atoms with Gasteiger partial charge in [-0.15, -0.1) is 0 Å². The molecule has 7 heteroatoms. The van der Waals surface area contributed by atoms with Crippen molar-refractivity contribution in [3.05, 3.63) is 34.4 Å². The Labute approximate surface area is 101 Å². The third-order valence-corrected chi connectivity index (χ3v) is 2.28. The molecule has 0 amide bonds. The maximum absolute atomic E-state index is 12.8. The molecule has 2 N–H and O–H groups in total. The fourth-order valence-electron chi connectivity index (χ4n) is 1.45. The maximum atomic E-state index is 12.8. The van der Waals surface area contributed by atoms with E-state index in [1.807, 2.05) is 0 Å². The second-order valence-electron chi connectivity index (χ2n) is 3.36. The van der Waals surface area contributed by atoms with Crippen molar-refractivity contribution in [2.24, 2.45) is 5.73 Å². The second-order valence-corrected chi connectivity index (χ2v) is 3.36. The molecule has 1 rings (SSSR count). The molecule has 0 atom stereocenters. The Morgan fingerprint density at radius 3 is 2.50 bits per heavy atom. The van der Waals surface area contributed by atoms with Crippen LogP contribution in [-0.4, -0.2) is 13.1 Å². The van der Waals surface area contributed by atoms with Crippen LogP contribution in [0.2, 0.25) is 0 Å². The molecule has 0 aliphatic carbocycles. The van der Waals surface area contributed by atoms with Gasteiger partial charge in [0.1, 0.15) is 6.07 Å². The highest BCUT2D eigenvalue weighted by Crippen LogP contribution is 2.34. The van der Waals surface area contributed by atoms with E-state index in [0.29, 0.717) is 6.07 Å². The van der Waals surface area contributed by atoms with E-state index in [9.17, 15) is 18.0 Å². The number of benzene rings is 1. The van der Waals surface area contributed by atoms with Crippen LogP contribution in [0.1, 0.15) is 27.0 Å². The molecule has 1 aromatic rings. The standard InChI is InChI=1S/C11H9F3N2O2/c1-18-10(17)6-2-7(4-15)8(5-16)9(3-6)11(12,13)14/h2-3H,4,15H2,1H3. The van der Waals surface area contributed by atoms with Crippen molar-refractivity contribution in [3.8, 4) is 6.07 Å². The first-order valence-corrected chi connectivity index (χ1v) is 4.77. The van der Waals surface area contributed by atoms with Crippen LogP contribution in [0.5, 0.6) is 0 Å². The topological polar surface area (TPSA) is 76.1 Å². The first-order valence-electron chi connectivity index (χ1n) is 4.77. The number of esters is 1. The summed E-state index contributed by atoms with van der Waals surface area (Å²) in [5.41, 5.74) is 3.18. The summed E-state index contributed by atoms with van der Waals surface area (Å²) >= 11 is 0. The summed E-state index contributed by atoms with van der Waals surface area (Å²) in [7, 11) is 1.05. The van der Waals surface area contributed by atoms with E-state index in [1.165, 1.54) is 6.07 Å². The number of hydrogen-bond donors (Lipinski definition) is 1. The number of alkyl halides is 3. The number of carbonyl (C=O) groups is 1. The van der Waals surface area contributed by atoms with Crippen molar-refractivity contribution < 1.29 is 22.7 Å². The largest absolute Gasteiger partial charge is 0.465 e. The minimum absolute atomic E-state index is 0.0484. The molecule has 0 unspecified atom stereocenters. The van der Waals surface area contributed by atoms with E-state index in [2.05, 4.69) is 4.74 Å². The summed E-state index contributed by atoms with van der Waals surface area (Å²) in [6.45, 7) is -0.281. The third-order valence-electron chi connectivity index (χ3n) is 2.28. The number of hydrogen-bond acceptors (Lipinski definition) is 4. The van der Waals surface area contributed by atoms with Crippen LogP contribution in [0.15, 0.2) is 12.1 Å². The van der Waals surface area contributed by atoms with Gasteiger partial charge >= 0.3 is 12.1 Å². The molecule has 0 aliphatic heterocycles. The van der Waals surface area contributed by atoms with Gasteiger partial charge in [0.15, 0.2) is 0 Å². The Hall–Kier alpha value is -2.07. The quantitative estimate of drug-likeness (QED) is 0.821. The van der Waals surface area contributed by atoms with Crippen molar-refractivity contribution in [1.82, 2.24) is 0 Å². The van der Waals surface area contributed by atoms with Gasteiger partial charge in [-0.1, -0.05) is 0 Å². The van der Waals surface area contributed by atoms with Crippen LogP contribution < -0.4 is 5.73 Å². The lowest BCUT2D eigenvalue weighted by Crippen LogP contribution is -2.14. The van der Waals surface area contributed by atoms with Crippen molar-refractivity contribution in [3.63, 3.8) is 0 Å². The molecule has 0 saturated carbocycles. The zero-order chi connectivity index (χ0) is 13.9. The van der Waals surface area contributed by atoms with Gasteiger partial charge in [0.05, 0.1) is 23.8 Å². The molecule has 0 fully saturated rings. The number of nitrogens with two attached hydrogens (primary N) is 1. The van der Waals surface area contributed by atoms with Crippen LogP contribution >= 0.6 is 0 Å². The highest BCUT2D eigenvalue weighted by atomic mass is 19.4. The van der Waals surface area contributed by atoms with E-state index >= 15 is 0 Å². The molecule has 0 heterocycles. The molecule has 1 aromatic carbocycles. The lowest BCUT2D eigenvalue weighted by atomic mass is 9.98. The van der Waals surface area contributed by atoms with Crippen LogP contribution in [0.3, 0.4) is 0 Å². The first kappa shape index (κ1) is 14.0. The van der Waals surface area contributed by atoms with Crippen molar-refractivity contribution in [1.29, 1.82) is 5.26 Å². The number of methoxy groups -OCH3 is 1. The highest BCUT2D eigenvalue weighted by molar-refractivity contribution is 5.90. The predicted octanol–water partition coefficient (Wildman–Crippen LogP) is 1.82. The molecular weight excluding hydrogens is 249 g/mol. The van der Waals surface area contributed by atoms with Crippen LogP contribution in [0.4, 0.5) is 13.2 Å². The molecule has 4 nitrogen and oxygen atoms in total. The van der Waals surface area contributed by atoms with Gasteiger partial charge < -0.3 is 10.5 Å². The number of ether oxygens (including phenoxy) is 1. The maximum Gasteiger partial charge on any atom is 0.417 e. The van der Waals surface area contributed by atoms with Gasteiger partial charge in [0, 0.05) is 6.54 Å². The molecule has 0 saturated heterocycles. The first-order chi connectivity index (χ1) is 8.35. The van der Waals surface area contributed by atoms with E-state index in [1.54, 1.807) is 0 Å². The molecule has 96 valence electrons. The van der Waals surface area contributed by atoms with Crippen molar-refractivity contribution in [2.75, 3.05) is 7.11 Å². The van der Waals surface area contributed by atoms with Crippen LogP contribution in [-0.2, 0) is 17.5 Å². The van der Waals surface area contributed by atoms with E-state index in [-0.39, 0.29) is 17.7 Å². The van der Waals surface area contributed by atoms with Gasteiger partial charge in [-0.2, -0.15) is 18.4 Å². The Kier molecular flexibility index (Phi) is 3.93. The fraction of sp³-hybridized carbons (Fsp3) is 0.273. The zero-order valence-corrected chi connectivity index (χ0v) is 9.34. The Bertz CT molecular complexity index is 518. The fourth-order valence-corrected chi connectivity index (χ4v) is 1.45. The van der Waals surface area contributed by atoms with Crippen LogP contribution in [0.25, 0.3) is 0 Å². The second kappa shape index (κ2) is 5.06. The lowest BCUT2D eigenvalue weighted by Gasteiger charge is -2.13. The normalized spacial score (nSPS) is 10.9. The minimum atomic E-state index is -4.74. The van der Waals surface area contributed by atoms with Gasteiger partial charge in [-0.3, -0.25) is 0 Å². The smallest absolute Gasteiger partial charge is 0.417 e. The third kappa shape index (κ3) is 2.60. The number of nitrogens with zero attached hydrogens (tertiary/aromatic N) is 1. The minimum Gasteiger partial charge on any atom is -0.465 e. The molecular formula is C11H9F3N2O2. The Morgan fingerprint density at radius 2 is 2.11 bits per heavy atom. The molecule has 0 aromatic heterocycles. The number of carbonyl (C=O) groups excluding carboxylic acids is 1. The Morgan fingerprint density at radius 1 is 1.50 bits per heavy atom. The zero-order valence-electron chi connectivity index (χ0n) is 9.34. The summed E-state index contributed by atoms with van der Waals surface area (Å²) in [6, 6.07) is 3.17. The average molecular weight is 258 g/mol. The SMILES string of the molecule is COC(=O)c1cc(CN)c(C#N)c(C(F)(F)F)c1. The van der Waals surface area contributed by atoms with Gasteiger partial charge in [-0.25, -0.2) is 4.79 Å². The molecule has 18 heavy (non-hydrogen) atoms. The van der Waals surface area contributed by atoms with Crippen molar-refractivity contribution in [2.45, 2.75) is 12.7 Å². The highest BCUT2D eigenvalue weighted by Gasteiger charge is 2.35. The van der Waals surface area contributed by atoms with Crippen molar-refractivity contribution >= 4 is 5.97 Å². The molecule has 0 spiro atoms. The van der Waals surface area contributed by atoms with E-state index in [0.717, 1.165) is 13.2 Å². The number of halogens is 3. The summed E-state index contributed by atoms with van der Waals surface area (Å²) in [4.78, 5) is 11.2. The molecule has 0 bridgehead atoms. The predicted molar refractivity (Wildman–Crippen MR) is 55.4 cm³/mol. The number of rotatable bonds is 2. The Balaban J connectivity index is 3.57. The van der Waals surface area contributed by atoms with Crippen LogP contribution in [0, 0.1) is 11.3 Å². The summed E-state index contributed by atoms with van der Waals surface area (Å²) < 4.78 is 42.6. The summed E-state index contributed by atoms with van der Waals surface area (Å²) in [6.07, 6.45) is -4.74. The number of nitriles is 1. The van der Waals surface area contributed by atoms with E-state index < -0.39 is 23.3 Å². The van der Waals surface area contributed by atoms with E-state index in [4.69, 9.17) is 11.0 Å². The summed E-state index contributed by atoms with van der Waals surface area (Å²) in [5.74, 6) is -0.917. The molecule has 0 aliphatic rings. The average Bonchev–Trinajstić information content (AvgIpc) is 2.34. The monoisotopic (exact) mass is 258 g/mol. The van der Waals surface area contributed by atoms with Gasteiger partial charge in [0.25, 0.3) is 0 Å². The molecule has 0 radical (unpaired) electrons. The van der Waals surface area contributed by atoms with Gasteiger partial charge in [-0.05, 0) is 17.7 Å². The lowest BCUT2D eigenvalue weighted by molar-refractivity contribution is -0.137.